The summed E-state index contributed by atoms with van der Waals surface area (Å²) in [6.45, 7) is 0. The lowest BCUT2D eigenvalue weighted by Crippen LogP contribution is -1.89. The van der Waals surface area contributed by atoms with Gasteiger partial charge in [-0.25, -0.2) is 0 Å². The van der Waals surface area contributed by atoms with E-state index >= 15 is 0 Å². The Hall–Kier alpha value is -3.20. The smallest absolute Gasteiger partial charge is 0.258 e. The Morgan fingerprint density at radius 3 is 1.65 bits per heavy atom. The Bertz CT molecular complexity index is 781. The molecule has 0 atom stereocenters. The number of nitro benzene ring substituents is 1. The molecule has 0 fully saturated rings. The summed E-state index contributed by atoms with van der Waals surface area (Å²) in [5, 5.41) is 10.8. The van der Waals surface area contributed by atoms with Gasteiger partial charge < -0.3 is 0 Å². The predicted molar refractivity (Wildman–Crippen MR) is 93.0 cm³/mol. The van der Waals surface area contributed by atoms with Gasteiger partial charge in [0.15, 0.2) is 0 Å². The topological polar surface area (TPSA) is 43.1 Å². The number of hydrogen-bond donors (Lipinski definition) is 0. The Morgan fingerprint density at radius 1 is 0.739 bits per heavy atom. The van der Waals surface area contributed by atoms with Gasteiger partial charge in [0.05, 0.1) is 4.92 Å². The van der Waals surface area contributed by atoms with Crippen molar-refractivity contribution < 1.29 is 4.92 Å². The van der Waals surface area contributed by atoms with Crippen molar-refractivity contribution in [1.29, 1.82) is 0 Å². The van der Waals surface area contributed by atoms with Crippen molar-refractivity contribution in [2.75, 3.05) is 0 Å². The second kappa shape index (κ2) is 6.71. The van der Waals surface area contributed by atoms with Crippen LogP contribution in [0.4, 0.5) is 5.69 Å². The normalized spacial score (nSPS) is 10.1. The van der Waals surface area contributed by atoms with Gasteiger partial charge in [0.1, 0.15) is 0 Å². The van der Waals surface area contributed by atoms with Gasteiger partial charge >= 0.3 is 0 Å². The molecule has 0 saturated heterocycles. The van der Waals surface area contributed by atoms with Gasteiger partial charge in [0.25, 0.3) is 5.69 Å². The van der Waals surface area contributed by atoms with E-state index in [2.05, 4.69) is 24.3 Å². The summed E-state index contributed by atoms with van der Waals surface area (Å²) >= 11 is 0. The number of nitrogens with zero attached hydrogens (tertiary/aromatic N) is 1. The molecule has 3 aromatic carbocycles. The molecule has 0 saturated carbocycles. The lowest BCUT2D eigenvalue weighted by atomic mass is 9.96. The molecule has 3 heteroatoms. The van der Waals surface area contributed by atoms with E-state index in [0.29, 0.717) is 0 Å². The van der Waals surface area contributed by atoms with E-state index in [1.54, 1.807) is 12.1 Å². The van der Waals surface area contributed by atoms with E-state index in [1.807, 2.05) is 42.5 Å². The molecule has 0 aliphatic rings. The van der Waals surface area contributed by atoms with E-state index in [4.69, 9.17) is 0 Å². The van der Waals surface area contributed by atoms with Crippen molar-refractivity contribution in [3.63, 3.8) is 0 Å². The van der Waals surface area contributed by atoms with Crippen molar-refractivity contribution >= 4 is 17.3 Å². The second-order valence-corrected chi connectivity index (χ2v) is 5.14. The summed E-state index contributed by atoms with van der Waals surface area (Å²) in [5.74, 6) is 0. The van der Waals surface area contributed by atoms with Crippen LogP contribution in [0.1, 0.15) is 16.7 Å². The molecular weight excluding hydrogens is 286 g/mol. The average Bonchev–Trinajstić information content (AvgIpc) is 2.61. The van der Waals surface area contributed by atoms with Crippen LogP contribution < -0.4 is 0 Å². The molecule has 0 aliphatic heterocycles. The minimum atomic E-state index is -0.386. The summed E-state index contributed by atoms with van der Waals surface area (Å²) in [6, 6.07) is 26.8. The molecule has 0 amide bonds. The molecule has 112 valence electrons. The van der Waals surface area contributed by atoms with Crippen LogP contribution in [-0.2, 0) is 0 Å². The summed E-state index contributed by atoms with van der Waals surface area (Å²) < 4.78 is 0. The van der Waals surface area contributed by atoms with Crippen LogP contribution in [0.5, 0.6) is 0 Å². The van der Waals surface area contributed by atoms with E-state index in [-0.39, 0.29) is 10.6 Å². The molecule has 0 radical (unpaired) electrons. The molecule has 0 N–H and O–H groups in total. The van der Waals surface area contributed by atoms with Crippen LogP contribution in [0.25, 0.3) is 11.6 Å². The van der Waals surface area contributed by atoms with Crippen LogP contribution in [0.2, 0.25) is 0 Å². The summed E-state index contributed by atoms with van der Waals surface area (Å²) in [7, 11) is 0. The molecule has 0 spiro atoms. The highest BCUT2D eigenvalue weighted by Gasteiger charge is 2.06. The van der Waals surface area contributed by atoms with Gasteiger partial charge in [0.2, 0.25) is 0 Å². The second-order valence-electron chi connectivity index (χ2n) is 5.14. The Labute approximate surface area is 134 Å². The molecule has 0 bridgehead atoms. The van der Waals surface area contributed by atoms with Crippen molar-refractivity contribution in [2.24, 2.45) is 0 Å². The number of hydrogen-bond acceptors (Lipinski definition) is 2. The van der Waals surface area contributed by atoms with E-state index in [1.165, 1.54) is 12.1 Å². The Balaban J connectivity index is 2.06. The highest BCUT2D eigenvalue weighted by molar-refractivity contribution is 5.91. The largest absolute Gasteiger partial charge is 0.269 e. The SMILES string of the molecule is O=[N+]([O-])c1ccc(C=C(c2ccccc2)c2ccccc2)cc1. The molecule has 3 nitrogen and oxygen atoms in total. The quantitative estimate of drug-likeness (QED) is 0.378. The highest BCUT2D eigenvalue weighted by atomic mass is 16.6. The predicted octanol–water partition coefficient (Wildman–Crippen LogP) is 5.18. The number of nitro groups is 1. The zero-order valence-corrected chi connectivity index (χ0v) is 12.4. The molecule has 3 rings (SSSR count). The highest BCUT2D eigenvalue weighted by Crippen LogP contribution is 2.26. The van der Waals surface area contributed by atoms with Crippen LogP contribution in [0, 0.1) is 10.1 Å². The lowest BCUT2D eigenvalue weighted by molar-refractivity contribution is -0.384. The van der Waals surface area contributed by atoms with Gasteiger partial charge in [0, 0.05) is 12.1 Å². The fraction of sp³-hybridized carbons (Fsp3) is 0. The van der Waals surface area contributed by atoms with E-state index < -0.39 is 0 Å². The number of benzene rings is 3. The first-order valence-electron chi connectivity index (χ1n) is 7.31. The van der Waals surface area contributed by atoms with Gasteiger partial charge in [-0.15, -0.1) is 0 Å². The summed E-state index contributed by atoms with van der Waals surface area (Å²) in [5.41, 5.74) is 4.33. The van der Waals surface area contributed by atoms with Crippen LogP contribution in [0.15, 0.2) is 84.9 Å². The first kappa shape index (κ1) is 14.7. The molecule has 0 unspecified atom stereocenters. The van der Waals surface area contributed by atoms with Crippen molar-refractivity contribution in [1.82, 2.24) is 0 Å². The van der Waals surface area contributed by atoms with Crippen LogP contribution >= 0.6 is 0 Å². The van der Waals surface area contributed by atoms with Crippen LogP contribution in [-0.4, -0.2) is 4.92 Å². The molecular formula is C20H15NO2. The fourth-order valence-corrected chi connectivity index (χ4v) is 2.43. The standard InChI is InChI=1S/C20H15NO2/c22-21(23)19-13-11-16(12-14-19)15-20(17-7-3-1-4-8-17)18-9-5-2-6-10-18/h1-15H. The average molecular weight is 301 g/mol. The Kier molecular flexibility index (Phi) is 4.29. The first-order valence-corrected chi connectivity index (χ1v) is 7.31. The van der Waals surface area contributed by atoms with E-state index in [9.17, 15) is 10.1 Å². The van der Waals surface area contributed by atoms with Crippen molar-refractivity contribution in [3.05, 3.63) is 112 Å². The molecule has 0 heterocycles. The zero-order chi connectivity index (χ0) is 16.1. The Morgan fingerprint density at radius 2 is 1.22 bits per heavy atom. The summed E-state index contributed by atoms with van der Waals surface area (Å²) in [4.78, 5) is 10.4. The number of rotatable bonds is 4. The summed E-state index contributed by atoms with van der Waals surface area (Å²) in [6.07, 6.45) is 2.05. The van der Waals surface area contributed by atoms with Gasteiger partial charge in [-0.05, 0) is 40.5 Å². The van der Waals surface area contributed by atoms with Crippen molar-refractivity contribution in [3.8, 4) is 0 Å². The third kappa shape index (κ3) is 3.52. The third-order valence-electron chi connectivity index (χ3n) is 3.58. The maximum Gasteiger partial charge on any atom is 0.269 e. The monoisotopic (exact) mass is 301 g/mol. The lowest BCUT2D eigenvalue weighted by Gasteiger charge is -2.09. The number of non-ortho nitro benzene ring substituents is 1. The minimum Gasteiger partial charge on any atom is -0.258 e. The maximum absolute atomic E-state index is 10.8. The molecule has 3 aromatic rings. The molecule has 23 heavy (non-hydrogen) atoms. The van der Waals surface area contributed by atoms with Gasteiger partial charge in [-0.3, -0.25) is 10.1 Å². The van der Waals surface area contributed by atoms with E-state index in [0.717, 1.165) is 22.3 Å². The first-order chi connectivity index (χ1) is 11.2. The van der Waals surface area contributed by atoms with Gasteiger partial charge in [-0.2, -0.15) is 0 Å². The zero-order valence-electron chi connectivity index (χ0n) is 12.4. The fourth-order valence-electron chi connectivity index (χ4n) is 2.43. The van der Waals surface area contributed by atoms with Crippen LogP contribution in [0.3, 0.4) is 0 Å². The minimum absolute atomic E-state index is 0.100. The third-order valence-corrected chi connectivity index (χ3v) is 3.58. The van der Waals surface area contributed by atoms with Gasteiger partial charge in [-0.1, -0.05) is 60.7 Å². The molecule has 0 aliphatic carbocycles. The van der Waals surface area contributed by atoms with Crippen molar-refractivity contribution in [2.45, 2.75) is 0 Å². The maximum atomic E-state index is 10.8. The molecule has 0 aromatic heterocycles.